The first kappa shape index (κ1) is 23.6. The molecule has 1 atom stereocenters. The maximum Gasteiger partial charge on any atom is 0.243 e. The molecule has 2 aliphatic heterocycles. The minimum Gasteiger partial charge on any atom is -0.494 e. The Balaban J connectivity index is 1.37. The van der Waals surface area contributed by atoms with Crippen molar-refractivity contribution >= 4 is 45.0 Å². The van der Waals surface area contributed by atoms with Gasteiger partial charge in [0, 0.05) is 29.6 Å². The number of thioether (sulfide) groups is 1. The van der Waals surface area contributed by atoms with E-state index in [1.807, 2.05) is 13.8 Å². The summed E-state index contributed by atoms with van der Waals surface area (Å²) < 4.78 is 33.1. The van der Waals surface area contributed by atoms with Crippen LogP contribution < -0.4 is 15.4 Å². The third kappa shape index (κ3) is 5.18. The number of carbonyl (C=O) groups is 2. The number of nitrogens with zero attached hydrogens (tertiary/aromatic N) is 1. The number of piperidine rings is 1. The van der Waals surface area contributed by atoms with Crippen molar-refractivity contribution < 1.29 is 22.7 Å². The molecule has 0 unspecified atom stereocenters. The Labute approximate surface area is 198 Å². The van der Waals surface area contributed by atoms with Gasteiger partial charge in [-0.05, 0) is 69.2 Å². The van der Waals surface area contributed by atoms with Gasteiger partial charge in [-0.3, -0.25) is 9.59 Å². The Kier molecular flexibility index (Phi) is 6.96. The van der Waals surface area contributed by atoms with E-state index in [1.54, 1.807) is 36.4 Å². The molecule has 4 rings (SSSR count). The second kappa shape index (κ2) is 9.74. The SMILES string of the molecule is CCOc1ccc(NC(=O)C2CCN(S(=O)(=O)c3ccc4c(c3)NC(=O)[C@H](C)S4)CC2)cc1. The van der Waals surface area contributed by atoms with Crippen molar-refractivity contribution in [1.29, 1.82) is 0 Å². The van der Waals surface area contributed by atoms with Gasteiger partial charge in [-0.25, -0.2) is 8.42 Å². The summed E-state index contributed by atoms with van der Waals surface area (Å²) in [4.78, 5) is 25.6. The Bertz CT molecular complexity index is 1140. The van der Waals surface area contributed by atoms with Crippen molar-refractivity contribution in [3.63, 3.8) is 0 Å². The first-order chi connectivity index (χ1) is 15.8. The highest BCUT2D eigenvalue weighted by Gasteiger charge is 2.33. The van der Waals surface area contributed by atoms with E-state index >= 15 is 0 Å². The molecule has 2 aliphatic rings. The van der Waals surface area contributed by atoms with Gasteiger partial charge in [0.1, 0.15) is 5.75 Å². The molecule has 176 valence electrons. The Hall–Kier alpha value is -2.56. The van der Waals surface area contributed by atoms with Crippen LogP contribution in [-0.2, 0) is 19.6 Å². The number of fused-ring (bicyclic) bond motifs is 1. The average Bonchev–Trinajstić information content (AvgIpc) is 2.81. The molecular weight excluding hydrogens is 462 g/mol. The summed E-state index contributed by atoms with van der Waals surface area (Å²) in [6, 6.07) is 12.0. The molecule has 8 nitrogen and oxygen atoms in total. The number of benzene rings is 2. The highest BCUT2D eigenvalue weighted by atomic mass is 32.2. The second-order valence-corrected chi connectivity index (χ2v) is 11.4. The summed E-state index contributed by atoms with van der Waals surface area (Å²) in [7, 11) is -3.72. The van der Waals surface area contributed by atoms with Gasteiger partial charge >= 0.3 is 0 Å². The van der Waals surface area contributed by atoms with Crippen LogP contribution in [0.5, 0.6) is 5.75 Å². The molecule has 2 amide bonds. The van der Waals surface area contributed by atoms with Gasteiger partial charge in [0.2, 0.25) is 21.8 Å². The van der Waals surface area contributed by atoms with Crippen molar-refractivity contribution in [2.45, 2.75) is 41.7 Å². The number of carbonyl (C=O) groups excluding carboxylic acids is 2. The minimum atomic E-state index is -3.72. The molecule has 33 heavy (non-hydrogen) atoms. The predicted molar refractivity (Wildman–Crippen MR) is 128 cm³/mol. The molecule has 0 aliphatic carbocycles. The highest BCUT2D eigenvalue weighted by molar-refractivity contribution is 8.01. The summed E-state index contributed by atoms with van der Waals surface area (Å²) in [5.41, 5.74) is 1.20. The number of rotatable bonds is 6. The molecule has 2 aromatic rings. The van der Waals surface area contributed by atoms with Crippen LogP contribution in [0.1, 0.15) is 26.7 Å². The van der Waals surface area contributed by atoms with Crippen LogP contribution in [0.4, 0.5) is 11.4 Å². The van der Waals surface area contributed by atoms with Crippen molar-refractivity contribution in [2.75, 3.05) is 30.3 Å². The summed E-state index contributed by atoms with van der Waals surface area (Å²) in [6.07, 6.45) is 0.883. The van der Waals surface area contributed by atoms with Gasteiger partial charge in [0.25, 0.3) is 0 Å². The molecule has 0 bridgehead atoms. The van der Waals surface area contributed by atoms with Gasteiger partial charge in [0.05, 0.1) is 22.4 Å². The molecule has 0 saturated carbocycles. The normalized spacial score (nSPS) is 19.5. The van der Waals surface area contributed by atoms with E-state index in [1.165, 1.54) is 22.1 Å². The van der Waals surface area contributed by atoms with Crippen LogP contribution in [0, 0.1) is 5.92 Å². The lowest BCUT2D eigenvalue weighted by Gasteiger charge is -2.31. The average molecular weight is 490 g/mol. The van der Waals surface area contributed by atoms with Crippen LogP contribution in [0.15, 0.2) is 52.3 Å². The van der Waals surface area contributed by atoms with E-state index in [4.69, 9.17) is 4.74 Å². The van der Waals surface area contributed by atoms with E-state index in [-0.39, 0.29) is 41.0 Å². The van der Waals surface area contributed by atoms with Crippen LogP contribution in [0.3, 0.4) is 0 Å². The summed E-state index contributed by atoms with van der Waals surface area (Å²) in [5.74, 6) is 0.229. The fourth-order valence-electron chi connectivity index (χ4n) is 3.90. The monoisotopic (exact) mass is 489 g/mol. The molecule has 0 aromatic heterocycles. The first-order valence-electron chi connectivity index (χ1n) is 10.9. The number of anilines is 2. The summed E-state index contributed by atoms with van der Waals surface area (Å²) in [5, 5.41) is 5.47. The van der Waals surface area contributed by atoms with Crippen molar-refractivity contribution in [1.82, 2.24) is 4.31 Å². The summed E-state index contributed by atoms with van der Waals surface area (Å²) in [6.45, 7) is 4.82. The Morgan fingerprint density at radius 2 is 1.88 bits per heavy atom. The first-order valence-corrected chi connectivity index (χ1v) is 13.3. The van der Waals surface area contributed by atoms with Crippen molar-refractivity contribution in [3.05, 3.63) is 42.5 Å². The number of ether oxygens (including phenoxy) is 1. The van der Waals surface area contributed by atoms with Gasteiger partial charge in [-0.2, -0.15) is 4.31 Å². The fraction of sp³-hybridized carbons (Fsp3) is 0.391. The zero-order valence-electron chi connectivity index (χ0n) is 18.5. The molecule has 2 heterocycles. The number of hydrogen-bond donors (Lipinski definition) is 2. The third-order valence-electron chi connectivity index (χ3n) is 5.78. The van der Waals surface area contributed by atoms with Gasteiger partial charge < -0.3 is 15.4 Å². The Morgan fingerprint density at radius 3 is 2.55 bits per heavy atom. The third-order valence-corrected chi connectivity index (χ3v) is 8.85. The molecule has 0 radical (unpaired) electrons. The number of amides is 2. The van der Waals surface area contributed by atoms with Crippen LogP contribution >= 0.6 is 11.8 Å². The maximum absolute atomic E-state index is 13.2. The van der Waals surface area contributed by atoms with E-state index in [2.05, 4.69) is 10.6 Å². The van der Waals surface area contributed by atoms with Crippen LogP contribution in [0.25, 0.3) is 0 Å². The number of nitrogens with one attached hydrogen (secondary N) is 2. The standard InChI is InChI=1S/C23H27N3O5S2/c1-3-31-18-6-4-17(5-7-18)24-23(28)16-10-12-26(13-11-16)33(29,30)19-8-9-21-20(14-19)25-22(27)15(2)32-21/h4-9,14-16H,3,10-13H2,1-2H3,(H,24,28)(H,25,27)/t15-/m0/s1. The molecular formula is C23H27N3O5S2. The van der Waals surface area contributed by atoms with Crippen LogP contribution in [0.2, 0.25) is 0 Å². The maximum atomic E-state index is 13.2. The van der Waals surface area contributed by atoms with Gasteiger partial charge in [-0.15, -0.1) is 11.8 Å². The van der Waals surface area contributed by atoms with Gasteiger partial charge in [0.15, 0.2) is 0 Å². The smallest absolute Gasteiger partial charge is 0.243 e. The van der Waals surface area contributed by atoms with Gasteiger partial charge in [-0.1, -0.05) is 0 Å². The zero-order valence-corrected chi connectivity index (χ0v) is 20.2. The van der Waals surface area contributed by atoms with Crippen molar-refractivity contribution in [3.8, 4) is 5.75 Å². The van der Waals surface area contributed by atoms with Crippen molar-refractivity contribution in [2.24, 2.45) is 5.92 Å². The molecule has 10 heteroatoms. The lowest BCUT2D eigenvalue weighted by atomic mass is 9.97. The number of sulfonamides is 1. The highest BCUT2D eigenvalue weighted by Crippen LogP contribution is 2.37. The lowest BCUT2D eigenvalue weighted by Crippen LogP contribution is -2.41. The van der Waals surface area contributed by atoms with Crippen LogP contribution in [-0.4, -0.2) is 49.5 Å². The zero-order chi connectivity index (χ0) is 23.6. The van der Waals surface area contributed by atoms with E-state index < -0.39 is 10.0 Å². The molecule has 0 spiro atoms. The largest absolute Gasteiger partial charge is 0.494 e. The van der Waals surface area contributed by atoms with E-state index in [0.29, 0.717) is 30.8 Å². The molecule has 1 fully saturated rings. The molecule has 2 aromatic carbocycles. The number of hydrogen-bond acceptors (Lipinski definition) is 6. The lowest BCUT2D eigenvalue weighted by molar-refractivity contribution is -0.121. The minimum absolute atomic E-state index is 0.112. The van der Waals surface area contributed by atoms with E-state index in [9.17, 15) is 18.0 Å². The fourth-order valence-corrected chi connectivity index (χ4v) is 6.33. The topological polar surface area (TPSA) is 105 Å². The van der Waals surface area contributed by atoms with E-state index in [0.717, 1.165) is 10.6 Å². The quantitative estimate of drug-likeness (QED) is 0.643. The Morgan fingerprint density at radius 1 is 1.18 bits per heavy atom. The second-order valence-electron chi connectivity index (χ2n) is 8.03. The summed E-state index contributed by atoms with van der Waals surface area (Å²) >= 11 is 1.41. The molecule has 2 N–H and O–H groups in total. The predicted octanol–water partition coefficient (Wildman–Crippen LogP) is 3.56. The molecule has 1 saturated heterocycles.